The molecule has 1 heterocycles. The summed E-state index contributed by atoms with van der Waals surface area (Å²) in [5, 5.41) is 7.79. The highest BCUT2D eigenvalue weighted by Gasteiger charge is 2.02. The van der Waals surface area contributed by atoms with Gasteiger partial charge in [-0.15, -0.1) is 35.3 Å². The lowest BCUT2D eigenvalue weighted by Gasteiger charge is -2.12. The molecule has 0 bridgehead atoms. The van der Waals surface area contributed by atoms with Crippen LogP contribution in [0.25, 0.3) is 0 Å². The molecule has 0 atom stereocenters. The van der Waals surface area contributed by atoms with Crippen LogP contribution < -0.4 is 15.4 Å². The average molecular weight is 460 g/mol. The Morgan fingerprint density at radius 3 is 2.83 bits per heavy atom. The van der Waals surface area contributed by atoms with Crippen LogP contribution in [0.3, 0.4) is 0 Å². The van der Waals surface area contributed by atoms with Crippen molar-refractivity contribution in [3.05, 3.63) is 45.9 Å². The molecule has 24 heavy (non-hydrogen) atoms. The molecule has 2 aromatic rings. The highest BCUT2D eigenvalue weighted by Crippen LogP contribution is 2.13. The Kier molecular flexibility index (Phi) is 9.70. The molecule has 0 aliphatic carbocycles. The van der Waals surface area contributed by atoms with E-state index >= 15 is 0 Å². The van der Waals surface area contributed by atoms with Gasteiger partial charge < -0.3 is 15.4 Å². The maximum absolute atomic E-state index is 5.23. The number of aromatic nitrogens is 1. The van der Waals surface area contributed by atoms with Gasteiger partial charge in [0.05, 0.1) is 12.1 Å². The Hall–Kier alpha value is -1.35. The third kappa shape index (κ3) is 6.64. The second-order valence-corrected chi connectivity index (χ2v) is 6.23. The molecule has 0 saturated heterocycles. The number of methoxy groups -OCH3 is 1. The van der Waals surface area contributed by atoms with Crippen molar-refractivity contribution in [2.45, 2.75) is 26.3 Å². The van der Waals surface area contributed by atoms with Crippen molar-refractivity contribution in [3.63, 3.8) is 0 Å². The molecule has 0 aliphatic heterocycles. The van der Waals surface area contributed by atoms with E-state index in [-0.39, 0.29) is 24.0 Å². The van der Waals surface area contributed by atoms with Gasteiger partial charge in [0.15, 0.2) is 5.96 Å². The SMILES string of the molecule is CCc1cnc(CCNC(=NC)NCc2cccc(OC)c2)s1.I. The highest BCUT2D eigenvalue weighted by atomic mass is 127. The molecule has 5 nitrogen and oxygen atoms in total. The lowest BCUT2D eigenvalue weighted by atomic mass is 10.2. The second kappa shape index (κ2) is 11.2. The van der Waals surface area contributed by atoms with Crippen LogP contribution in [0.15, 0.2) is 35.5 Å². The van der Waals surface area contributed by atoms with Gasteiger partial charge in [0.1, 0.15) is 5.75 Å². The monoisotopic (exact) mass is 460 g/mol. The largest absolute Gasteiger partial charge is 0.497 e. The lowest BCUT2D eigenvalue weighted by molar-refractivity contribution is 0.414. The smallest absolute Gasteiger partial charge is 0.191 e. The highest BCUT2D eigenvalue weighted by molar-refractivity contribution is 14.0. The van der Waals surface area contributed by atoms with Gasteiger partial charge >= 0.3 is 0 Å². The molecule has 2 N–H and O–H groups in total. The minimum atomic E-state index is 0. The quantitative estimate of drug-likeness (QED) is 0.379. The van der Waals surface area contributed by atoms with Crippen molar-refractivity contribution in [2.75, 3.05) is 20.7 Å². The third-order valence-corrected chi connectivity index (χ3v) is 4.60. The van der Waals surface area contributed by atoms with E-state index in [1.807, 2.05) is 24.4 Å². The minimum absolute atomic E-state index is 0. The van der Waals surface area contributed by atoms with Crippen LogP contribution in [-0.2, 0) is 19.4 Å². The number of ether oxygens (including phenoxy) is 1. The Morgan fingerprint density at radius 1 is 1.33 bits per heavy atom. The number of nitrogens with zero attached hydrogens (tertiary/aromatic N) is 2. The van der Waals surface area contributed by atoms with E-state index in [2.05, 4.69) is 33.6 Å². The Labute approximate surface area is 165 Å². The van der Waals surface area contributed by atoms with Crippen LogP contribution in [0, 0.1) is 0 Å². The van der Waals surface area contributed by atoms with Gasteiger partial charge in [0.2, 0.25) is 0 Å². The molecular formula is C17H25IN4OS. The van der Waals surface area contributed by atoms with Crippen molar-refractivity contribution in [3.8, 4) is 5.75 Å². The van der Waals surface area contributed by atoms with Crippen molar-refractivity contribution in [2.24, 2.45) is 4.99 Å². The summed E-state index contributed by atoms with van der Waals surface area (Å²) in [5.41, 5.74) is 1.15. The summed E-state index contributed by atoms with van der Waals surface area (Å²) in [6, 6.07) is 8.00. The second-order valence-electron chi connectivity index (χ2n) is 5.03. The number of hydrogen-bond acceptors (Lipinski definition) is 4. The normalized spacial score (nSPS) is 10.9. The number of aliphatic imine (C=N–C) groups is 1. The van der Waals surface area contributed by atoms with Crippen molar-refractivity contribution < 1.29 is 4.74 Å². The Bertz CT molecular complexity index is 645. The van der Waals surface area contributed by atoms with Gasteiger partial charge in [0.25, 0.3) is 0 Å². The van der Waals surface area contributed by atoms with Crippen molar-refractivity contribution in [1.29, 1.82) is 0 Å². The van der Waals surface area contributed by atoms with Gasteiger partial charge in [-0.05, 0) is 24.1 Å². The van der Waals surface area contributed by atoms with Gasteiger partial charge in [-0.1, -0.05) is 19.1 Å². The van der Waals surface area contributed by atoms with Crippen LogP contribution in [0.2, 0.25) is 0 Å². The first-order valence-electron chi connectivity index (χ1n) is 7.76. The molecule has 0 saturated carbocycles. The van der Waals surface area contributed by atoms with Crippen LogP contribution in [0.5, 0.6) is 5.75 Å². The molecule has 132 valence electrons. The number of guanidine groups is 1. The predicted octanol–water partition coefficient (Wildman–Crippen LogP) is 3.24. The molecule has 7 heteroatoms. The summed E-state index contributed by atoms with van der Waals surface area (Å²) in [6.45, 7) is 3.67. The average Bonchev–Trinajstić information content (AvgIpc) is 3.06. The fourth-order valence-electron chi connectivity index (χ4n) is 2.10. The summed E-state index contributed by atoms with van der Waals surface area (Å²) >= 11 is 1.78. The van der Waals surface area contributed by atoms with E-state index in [4.69, 9.17) is 4.74 Å². The molecule has 1 aromatic carbocycles. The predicted molar refractivity (Wildman–Crippen MR) is 112 cm³/mol. The number of hydrogen-bond donors (Lipinski definition) is 2. The fraction of sp³-hybridized carbons (Fsp3) is 0.412. The van der Waals surface area contributed by atoms with Crippen molar-refractivity contribution in [1.82, 2.24) is 15.6 Å². The van der Waals surface area contributed by atoms with Gasteiger partial charge in [-0.2, -0.15) is 0 Å². The number of halogens is 1. The fourth-order valence-corrected chi connectivity index (χ4v) is 2.97. The molecule has 0 amide bonds. The zero-order valence-electron chi connectivity index (χ0n) is 14.3. The van der Waals surface area contributed by atoms with E-state index in [0.29, 0.717) is 6.54 Å². The van der Waals surface area contributed by atoms with Crippen molar-refractivity contribution >= 4 is 41.3 Å². The van der Waals surface area contributed by atoms with Crippen LogP contribution in [-0.4, -0.2) is 31.6 Å². The molecule has 1 aromatic heterocycles. The van der Waals surface area contributed by atoms with E-state index in [1.165, 1.54) is 4.88 Å². The topological polar surface area (TPSA) is 58.5 Å². The van der Waals surface area contributed by atoms with Crippen LogP contribution in [0.4, 0.5) is 0 Å². The van der Waals surface area contributed by atoms with Gasteiger partial charge in [0, 0.05) is 37.6 Å². The van der Waals surface area contributed by atoms with Gasteiger partial charge in [-0.25, -0.2) is 4.98 Å². The van der Waals surface area contributed by atoms with E-state index in [0.717, 1.165) is 41.7 Å². The molecule has 0 fully saturated rings. The van der Waals surface area contributed by atoms with Crippen LogP contribution in [0.1, 0.15) is 22.4 Å². The molecule has 0 radical (unpaired) electrons. The summed E-state index contributed by atoms with van der Waals surface area (Å²) in [5.74, 6) is 1.66. The van der Waals surface area contributed by atoms with E-state index in [9.17, 15) is 0 Å². The first-order chi connectivity index (χ1) is 11.2. The number of nitrogens with one attached hydrogen (secondary N) is 2. The van der Waals surface area contributed by atoms with Crippen LogP contribution >= 0.6 is 35.3 Å². The number of rotatable bonds is 7. The zero-order valence-corrected chi connectivity index (χ0v) is 17.5. The van der Waals surface area contributed by atoms with E-state index in [1.54, 1.807) is 25.5 Å². The minimum Gasteiger partial charge on any atom is -0.497 e. The molecule has 2 rings (SSSR count). The summed E-state index contributed by atoms with van der Waals surface area (Å²) in [6.07, 6.45) is 3.93. The number of benzene rings is 1. The first-order valence-corrected chi connectivity index (χ1v) is 8.57. The van der Waals surface area contributed by atoms with Gasteiger partial charge in [-0.3, -0.25) is 4.99 Å². The molecular weight excluding hydrogens is 435 g/mol. The first kappa shape index (κ1) is 20.7. The lowest BCUT2D eigenvalue weighted by Crippen LogP contribution is -2.37. The summed E-state index contributed by atoms with van der Waals surface area (Å²) in [4.78, 5) is 10.0. The summed E-state index contributed by atoms with van der Waals surface area (Å²) < 4.78 is 5.23. The maximum Gasteiger partial charge on any atom is 0.191 e. The zero-order chi connectivity index (χ0) is 16.5. The maximum atomic E-state index is 5.23. The van der Waals surface area contributed by atoms with E-state index < -0.39 is 0 Å². The summed E-state index contributed by atoms with van der Waals surface area (Å²) in [7, 11) is 3.45. The Balaban J connectivity index is 0.00000288. The molecule has 0 unspecified atom stereocenters. The number of thiazole rings is 1. The molecule has 0 aliphatic rings. The Morgan fingerprint density at radius 2 is 2.17 bits per heavy atom. The molecule has 0 spiro atoms. The standard InChI is InChI=1S/C17H24N4OS.HI/c1-4-15-12-20-16(23-15)8-9-19-17(18-2)21-11-13-6-5-7-14(10-13)22-3;/h5-7,10,12H,4,8-9,11H2,1-3H3,(H2,18,19,21);1H. The third-order valence-electron chi connectivity index (χ3n) is 3.40. The number of aryl methyl sites for hydroxylation is 1.